The van der Waals surface area contributed by atoms with Crippen molar-refractivity contribution in [2.24, 2.45) is 0 Å². The highest BCUT2D eigenvalue weighted by atomic mass is 19.4. The van der Waals surface area contributed by atoms with Crippen molar-refractivity contribution in [2.45, 2.75) is 12.7 Å². The lowest BCUT2D eigenvalue weighted by molar-refractivity contribution is -0.160. The Hall–Kier alpha value is -2.65. The number of carbonyl (C=O) groups is 1. The number of rotatable bonds is 5. The summed E-state index contributed by atoms with van der Waals surface area (Å²) in [6.45, 7) is -1.46. The SMILES string of the molecule is O=C(NCCn1nnc(-c2ccccc2)n1)OCC(F)(F)F. The zero-order chi connectivity index (χ0) is 16.0. The van der Waals surface area contributed by atoms with E-state index in [1.807, 2.05) is 30.3 Å². The summed E-state index contributed by atoms with van der Waals surface area (Å²) in [4.78, 5) is 12.2. The van der Waals surface area contributed by atoms with Crippen molar-refractivity contribution in [2.75, 3.05) is 13.2 Å². The number of carbonyl (C=O) groups excluding carboxylic acids is 1. The monoisotopic (exact) mass is 315 g/mol. The highest BCUT2D eigenvalue weighted by Crippen LogP contribution is 2.14. The Morgan fingerprint density at radius 2 is 2.00 bits per heavy atom. The summed E-state index contributed by atoms with van der Waals surface area (Å²) in [6, 6.07) is 9.13. The number of aromatic nitrogens is 4. The average Bonchev–Trinajstić information content (AvgIpc) is 2.94. The summed E-state index contributed by atoms with van der Waals surface area (Å²) in [5, 5.41) is 13.9. The van der Waals surface area contributed by atoms with Crippen LogP contribution in [0.1, 0.15) is 0 Å². The van der Waals surface area contributed by atoms with Gasteiger partial charge in [-0.2, -0.15) is 18.0 Å². The van der Waals surface area contributed by atoms with Gasteiger partial charge in [-0.1, -0.05) is 30.3 Å². The van der Waals surface area contributed by atoms with E-state index in [-0.39, 0.29) is 13.1 Å². The Labute approximate surface area is 123 Å². The van der Waals surface area contributed by atoms with Gasteiger partial charge in [0.2, 0.25) is 5.82 Å². The number of alkyl carbamates (subject to hydrolysis) is 1. The molecule has 1 aromatic carbocycles. The smallest absolute Gasteiger partial charge is 0.422 e. The number of benzene rings is 1. The second-order valence-corrected chi connectivity index (χ2v) is 4.19. The minimum absolute atomic E-state index is 0.0152. The average molecular weight is 315 g/mol. The summed E-state index contributed by atoms with van der Waals surface area (Å²) >= 11 is 0. The molecule has 0 aliphatic carbocycles. The Kier molecular flexibility index (Phi) is 4.92. The molecule has 1 amide bonds. The lowest BCUT2D eigenvalue weighted by atomic mass is 10.2. The van der Waals surface area contributed by atoms with E-state index in [0.717, 1.165) is 5.56 Å². The maximum atomic E-state index is 11.8. The third-order valence-corrected chi connectivity index (χ3v) is 2.43. The fourth-order valence-electron chi connectivity index (χ4n) is 1.50. The quantitative estimate of drug-likeness (QED) is 0.907. The Balaban J connectivity index is 1.76. The van der Waals surface area contributed by atoms with Crippen LogP contribution in [0.25, 0.3) is 11.4 Å². The molecule has 0 bridgehead atoms. The van der Waals surface area contributed by atoms with Gasteiger partial charge in [-0.05, 0) is 5.21 Å². The van der Waals surface area contributed by atoms with Crippen molar-refractivity contribution in [3.8, 4) is 11.4 Å². The number of nitrogens with zero attached hydrogens (tertiary/aromatic N) is 4. The van der Waals surface area contributed by atoms with E-state index in [0.29, 0.717) is 5.82 Å². The predicted octanol–water partition coefficient (Wildman–Crippen LogP) is 1.63. The maximum absolute atomic E-state index is 11.8. The van der Waals surface area contributed by atoms with Crippen LogP contribution < -0.4 is 5.32 Å². The van der Waals surface area contributed by atoms with Crippen molar-refractivity contribution >= 4 is 6.09 Å². The van der Waals surface area contributed by atoms with Crippen LogP contribution in [-0.4, -0.2) is 45.6 Å². The molecule has 0 radical (unpaired) electrons. The molecular weight excluding hydrogens is 303 g/mol. The summed E-state index contributed by atoms with van der Waals surface area (Å²) in [5.41, 5.74) is 0.784. The van der Waals surface area contributed by atoms with Gasteiger partial charge in [0, 0.05) is 12.1 Å². The van der Waals surface area contributed by atoms with Gasteiger partial charge in [-0.15, -0.1) is 10.2 Å². The molecule has 118 valence electrons. The third kappa shape index (κ3) is 5.04. The lowest BCUT2D eigenvalue weighted by Gasteiger charge is -2.08. The molecular formula is C12H12F3N5O2. The van der Waals surface area contributed by atoms with Crippen LogP contribution in [-0.2, 0) is 11.3 Å². The fraction of sp³-hybridized carbons (Fsp3) is 0.333. The van der Waals surface area contributed by atoms with E-state index >= 15 is 0 Å². The van der Waals surface area contributed by atoms with Crippen LogP contribution in [0, 0.1) is 0 Å². The fourth-order valence-corrected chi connectivity index (χ4v) is 1.50. The van der Waals surface area contributed by atoms with Gasteiger partial charge in [0.05, 0.1) is 6.54 Å². The number of halogens is 3. The third-order valence-electron chi connectivity index (χ3n) is 2.43. The van der Waals surface area contributed by atoms with Gasteiger partial charge in [0.1, 0.15) is 0 Å². The summed E-state index contributed by atoms with van der Waals surface area (Å²) in [5.74, 6) is 0.417. The number of tetrazole rings is 1. The molecule has 2 rings (SSSR count). The first kappa shape index (κ1) is 15.7. The molecule has 0 aliphatic heterocycles. The molecule has 22 heavy (non-hydrogen) atoms. The number of alkyl halides is 3. The van der Waals surface area contributed by atoms with Crippen LogP contribution in [0.2, 0.25) is 0 Å². The first-order chi connectivity index (χ1) is 10.4. The van der Waals surface area contributed by atoms with Gasteiger partial charge < -0.3 is 10.1 Å². The topological polar surface area (TPSA) is 81.9 Å². The van der Waals surface area contributed by atoms with Crippen molar-refractivity contribution in [3.05, 3.63) is 30.3 Å². The first-order valence-electron chi connectivity index (χ1n) is 6.25. The summed E-state index contributed by atoms with van der Waals surface area (Å²) in [7, 11) is 0. The Bertz CT molecular complexity index is 615. The first-order valence-corrected chi connectivity index (χ1v) is 6.25. The molecule has 0 atom stereocenters. The van der Waals surface area contributed by atoms with Gasteiger partial charge in [-0.3, -0.25) is 0 Å². The number of hydrogen-bond donors (Lipinski definition) is 1. The molecule has 0 spiro atoms. The van der Waals surface area contributed by atoms with E-state index < -0.39 is 18.9 Å². The molecule has 2 aromatic rings. The second-order valence-electron chi connectivity index (χ2n) is 4.19. The molecule has 7 nitrogen and oxygen atoms in total. The predicted molar refractivity (Wildman–Crippen MR) is 68.7 cm³/mol. The van der Waals surface area contributed by atoms with Crippen LogP contribution in [0.15, 0.2) is 30.3 Å². The van der Waals surface area contributed by atoms with E-state index in [1.54, 1.807) is 0 Å². The molecule has 0 fully saturated rings. The number of amides is 1. The van der Waals surface area contributed by atoms with Crippen molar-refractivity contribution < 1.29 is 22.7 Å². The van der Waals surface area contributed by atoms with Crippen LogP contribution in [0.5, 0.6) is 0 Å². The second kappa shape index (κ2) is 6.87. The molecule has 0 aliphatic rings. The molecule has 1 N–H and O–H groups in total. The highest BCUT2D eigenvalue weighted by molar-refractivity contribution is 5.67. The number of hydrogen-bond acceptors (Lipinski definition) is 5. The molecule has 10 heteroatoms. The van der Waals surface area contributed by atoms with Gasteiger partial charge in [0.25, 0.3) is 0 Å². The largest absolute Gasteiger partial charge is 0.440 e. The van der Waals surface area contributed by atoms with E-state index in [2.05, 4.69) is 25.5 Å². The maximum Gasteiger partial charge on any atom is 0.422 e. The molecule has 0 saturated heterocycles. The van der Waals surface area contributed by atoms with Crippen LogP contribution in [0.4, 0.5) is 18.0 Å². The Morgan fingerprint density at radius 3 is 2.68 bits per heavy atom. The van der Waals surface area contributed by atoms with E-state index in [1.165, 1.54) is 4.80 Å². The van der Waals surface area contributed by atoms with E-state index in [9.17, 15) is 18.0 Å². The van der Waals surface area contributed by atoms with Crippen molar-refractivity contribution in [1.82, 2.24) is 25.5 Å². The van der Waals surface area contributed by atoms with Gasteiger partial charge in [0.15, 0.2) is 6.61 Å². The van der Waals surface area contributed by atoms with Crippen molar-refractivity contribution in [1.29, 1.82) is 0 Å². The summed E-state index contributed by atoms with van der Waals surface area (Å²) in [6.07, 6.45) is -5.70. The number of ether oxygens (including phenoxy) is 1. The molecule has 1 aromatic heterocycles. The van der Waals surface area contributed by atoms with E-state index in [4.69, 9.17) is 0 Å². The normalized spacial score (nSPS) is 11.2. The Morgan fingerprint density at radius 1 is 1.27 bits per heavy atom. The molecule has 0 saturated carbocycles. The zero-order valence-corrected chi connectivity index (χ0v) is 11.2. The minimum Gasteiger partial charge on any atom is -0.440 e. The summed E-state index contributed by atoms with van der Waals surface area (Å²) < 4.78 is 39.5. The minimum atomic E-state index is -4.55. The molecule has 1 heterocycles. The molecule has 0 unspecified atom stereocenters. The van der Waals surface area contributed by atoms with Gasteiger partial charge in [-0.25, -0.2) is 4.79 Å². The lowest BCUT2D eigenvalue weighted by Crippen LogP contribution is -2.31. The van der Waals surface area contributed by atoms with Crippen LogP contribution >= 0.6 is 0 Å². The van der Waals surface area contributed by atoms with Crippen LogP contribution in [0.3, 0.4) is 0 Å². The van der Waals surface area contributed by atoms with Crippen molar-refractivity contribution in [3.63, 3.8) is 0 Å². The number of nitrogens with one attached hydrogen (secondary N) is 1. The highest BCUT2D eigenvalue weighted by Gasteiger charge is 2.29. The standard InChI is InChI=1S/C12H12F3N5O2/c13-12(14,15)8-22-11(21)16-6-7-20-18-10(17-19-20)9-4-2-1-3-5-9/h1-5H,6-8H2,(H,16,21). The zero-order valence-electron chi connectivity index (χ0n) is 11.2. The van der Waals surface area contributed by atoms with Gasteiger partial charge >= 0.3 is 12.3 Å².